The highest BCUT2D eigenvalue weighted by Crippen LogP contribution is 2.36. The minimum atomic E-state index is -0.508. The Labute approximate surface area is 189 Å². The highest BCUT2D eigenvalue weighted by atomic mass is 16.7. The molecule has 5 nitrogen and oxygen atoms in total. The smallest absolute Gasteiger partial charge is 0.175 e. The molecule has 5 heteroatoms. The monoisotopic (exact) mass is 426 g/mol. The molecule has 1 fully saturated rings. The first-order chi connectivity index (χ1) is 15.8. The summed E-state index contributed by atoms with van der Waals surface area (Å²) in [6.45, 7) is 2.18. The summed E-state index contributed by atoms with van der Waals surface area (Å²) in [6, 6.07) is 29.0. The zero-order valence-electron chi connectivity index (χ0n) is 18.5. The zero-order chi connectivity index (χ0) is 21.8. The second-order valence-corrected chi connectivity index (χ2v) is 8.89. The molecule has 1 atom stereocenters. The molecule has 32 heavy (non-hydrogen) atoms. The molecule has 1 aliphatic rings. The molecule has 1 saturated carbocycles. The first-order valence-corrected chi connectivity index (χ1v) is 11.6. The number of nitrogens with zero attached hydrogens (tertiary/aromatic N) is 3. The van der Waals surface area contributed by atoms with E-state index in [1.165, 1.54) is 19.3 Å². The van der Waals surface area contributed by atoms with Crippen molar-refractivity contribution in [2.24, 2.45) is 5.92 Å². The Hall–Kier alpha value is -3.02. The molecule has 164 valence electrons. The van der Waals surface area contributed by atoms with Crippen LogP contribution in [-0.4, -0.2) is 15.0 Å². The van der Waals surface area contributed by atoms with Crippen molar-refractivity contribution in [3.63, 3.8) is 0 Å². The number of hydrogen-bond acceptors (Lipinski definition) is 4. The fourth-order valence-corrected chi connectivity index (χ4v) is 4.85. The van der Waals surface area contributed by atoms with Gasteiger partial charge < -0.3 is 0 Å². The van der Waals surface area contributed by atoms with Crippen LogP contribution in [-0.2, 0) is 10.4 Å². The summed E-state index contributed by atoms with van der Waals surface area (Å²) in [6.07, 6.45) is 5.79. The van der Waals surface area contributed by atoms with Gasteiger partial charge in [0.1, 0.15) is 5.52 Å². The van der Waals surface area contributed by atoms with E-state index in [0.29, 0.717) is 5.92 Å². The molecule has 0 aliphatic heterocycles. The van der Waals surface area contributed by atoms with E-state index in [2.05, 4.69) is 77.3 Å². The van der Waals surface area contributed by atoms with Gasteiger partial charge in [-0.3, -0.25) is 4.84 Å². The first-order valence-electron chi connectivity index (χ1n) is 11.6. The lowest BCUT2D eigenvalue weighted by atomic mass is 9.85. The number of hydrogen-bond donors (Lipinski definition) is 1. The fourth-order valence-electron chi connectivity index (χ4n) is 4.85. The SMILES string of the molecule is CC(NOC(C1CCCCC1)n1nnc2ccccc21)(c1ccccc1)c1ccccc1. The molecule has 0 bridgehead atoms. The molecule has 1 unspecified atom stereocenters. The van der Waals surface area contributed by atoms with Crippen molar-refractivity contribution in [1.29, 1.82) is 0 Å². The maximum atomic E-state index is 6.62. The third-order valence-electron chi connectivity index (χ3n) is 6.76. The van der Waals surface area contributed by atoms with Gasteiger partial charge >= 0.3 is 0 Å². The average molecular weight is 427 g/mol. The molecule has 3 aromatic carbocycles. The van der Waals surface area contributed by atoms with Gasteiger partial charge in [-0.1, -0.05) is 97.3 Å². The number of para-hydroxylation sites is 1. The molecule has 1 heterocycles. The maximum absolute atomic E-state index is 6.62. The molecule has 1 aromatic heterocycles. The summed E-state index contributed by atoms with van der Waals surface area (Å²) in [5.74, 6) is 0.386. The molecule has 0 spiro atoms. The van der Waals surface area contributed by atoms with Crippen molar-refractivity contribution in [1.82, 2.24) is 20.5 Å². The Morgan fingerprint density at radius 3 is 2.09 bits per heavy atom. The summed E-state index contributed by atoms with van der Waals surface area (Å²) in [5, 5.41) is 8.92. The van der Waals surface area contributed by atoms with E-state index in [0.717, 1.165) is 35.0 Å². The standard InChI is InChI=1S/C27H30N4O/c1-27(22-15-7-3-8-16-22,23-17-9-4-10-18-23)29-32-26(21-13-5-2-6-14-21)31-25-20-12-11-19-24(25)28-30-31/h3-4,7-12,15-21,26,29H,2,5-6,13-14H2,1H3. The third kappa shape index (κ3) is 4.06. The highest BCUT2D eigenvalue weighted by molar-refractivity contribution is 5.73. The minimum absolute atomic E-state index is 0.227. The Kier molecular flexibility index (Phi) is 6.02. The van der Waals surface area contributed by atoms with Crippen LogP contribution in [0.15, 0.2) is 84.9 Å². The predicted octanol–water partition coefficient (Wildman–Crippen LogP) is 6.00. The Bertz CT molecular complexity index is 1100. The van der Waals surface area contributed by atoms with Crippen LogP contribution in [0.25, 0.3) is 11.0 Å². The number of hydroxylamine groups is 1. The normalized spacial score (nSPS) is 16.3. The maximum Gasteiger partial charge on any atom is 0.175 e. The van der Waals surface area contributed by atoms with Crippen LogP contribution in [0.3, 0.4) is 0 Å². The van der Waals surface area contributed by atoms with E-state index >= 15 is 0 Å². The van der Waals surface area contributed by atoms with E-state index in [-0.39, 0.29) is 6.23 Å². The summed E-state index contributed by atoms with van der Waals surface area (Å²) in [4.78, 5) is 6.62. The van der Waals surface area contributed by atoms with Crippen LogP contribution >= 0.6 is 0 Å². The molecule has 1 aliphatic carbocycles. The lowest BCUT2D eigenvalue weighted by molar-refractivity contribution is -0.134. The molecule has 0 amide bonds. The van der Waals surface area contributed by atoms with Crippen molar-refractivity contribution in [2.75, 3.05) is 0 Å². The van der Waals surface area contributed by atoms with Crippen molar-refractivity contribution >= 4 is 11.0 Å². The molecule has 1 N–H and O–H groups in total. The molecule has 0 radical (unpaired) electrons. The molecular formula is C27H30N4O. The van der Waals surface area contributed by atoms with Gasteiger partial charge in [0.15, 0.2) is 6.23 Å². The van der Waals surface area contributed by atoms with Gasteiger partial charge in [-0.25, -0.2) is 4.68 Å². The van der Waals surface area contributed by atoms with E-state index < -0.39 is 5.54 Å². The molecule has 5 rings (SSSR count). The average Bonchev–Trinajstić information content (AvgIpc) is 3.30. The van der Waals surface area contributed by atoms with Gasteiger partial charge in [0.2, 0.25) is 0 Å². The highest BCUT2D eigenvalue weighted by Gasteiger charge is 2.34. The molecule has 0 saturated heterocycles. The summed E-state index contributed by atoms with van der Waals surface area (Å²) in [7, 11) is 0. The van der Waals surface area contributed by atoms with Crippen LogP contribution in [0.4, 0.5) is 0 Å². The Balaban J connectivity index is 1.51. The summed E-state index contributed by atoms with van der Waals surface area (Å²) < 4.78 is 1.97. The van der Waals surface area contributed by atoms with Crippen LogP contribution in [0.1, 0.15) is 56.4 Å². The van der Waals surface area contributed by atoms with Crippen LogP contribution < -0.4 is 5.48 Å². The van der Waals surface area contributed by atoms with Crippen LogP contribution in [0.5, 0.6) is 0 Å². The minimum Gasteiger partial charge on any atom is -0.273 e. The van der Waals surface area contributed by atoms with Gasteiger partial charge in [0.25, 0.3) is 0 Å². The van der Waals surface area contributed by atoms with Crippen molar-refractivity contribution in [3.8, 4) is 0 Å². The van der Waals surface area contributed by atoms with Gasteiger partial charge in [-0.15, -0.1) is 5.10 Å². The zero-order valence-corrected chi connectivity index (χ0v) is 18.5. The van der Waals surface area contributed by atoms with E-state index in [4.69, 9.17) is 4.84 Å². The number of fused-ring (bicyclic) bond motifs is 1. The quantitative estimate of drug-likeness (QED) is 0.369. The van der Waals surface area contributed by atoms with E-state index in [1.54, 1.807) is 0 Å². The van der Waals surface area contributed by atoms with Crippen LogP contribution in [0, 0.1) is 5.92 Å². The Morgan fingerprint density at radius 2 is 1.44 bits per heavy atom. The van der Waals surface area contributed by atoms with Crippen LogP contribution in [0.2, 0.25) is 0 Å². The van der Waals surface area contributed by atoms with E-state index in [1.807, 2.05) is 35.0 Å². The Morgan fingerprint density at radius 1 is 0.844 bits per heavy atom. The molecular weight excluding hydrogens is 396 g/mol. The van der Waals surface area contributed by atoms with Gasteiger partial charge in [0, 0.05) is 5.92 Å². The number of aromatic nitrogens is 3. The molecule has 4 aromatic rings. The second-order valence-electron chi connectivity index (χ2n) is 8.89. The summed E-state index contributed by atoms with van der Waals surface area (Å²) in [5.41, 5.74) is 7.18. The number of nitrogens with one attached hydrogen (secondary N) is 1. The predicted molar refractivity (Wildman–Crippen MR) is 127 cm³/mol. The van der Waals surface area contributed by atoms with Gasteiger partial charge in [-0.2, -0.15) is 5.48 Å². The lowest BCUT2D eigenvalue weighted by Crippen LogP contribution is -2.43. The second kappa shape index (κ2) is 9.23. The third-order valence-corrected chi connectivity index (χ3v) is 6.76. The van der Waals surface area contributed by atoms with E-state index in [9.17, 15) is 0 Å². The van der Waals surface area contributed by atoms with Crippen molar-refractivity contribution in [2.45, 2.75) is 50.8 Å². The number of rotatable bonds is 7. The fraction of sp³-hybridized carbons (Fsp3) is 0.333. The van der Waals surface area contributed by atoms with Gasteiger partial charge in [0.05, 0.1) is 11.1 Å². The lowest BCUT2D eigenvalue weighted by Gasteiger charge is -2.36. The first kappa shape index (κ1) is 20.9. The van der Waals surface area contributed by atoms with Gasteiger partial charge in [-0.05, 0) is 43.0 Å². The number of benzene rings is 3. The largest absolute Gasteiger partial charge is 0.273 e. The van der Waals surface area contributed by atoms with Crippen molar-refractivity contribution in [3.05, 3.63) is 96.1 Å². The summed E-state index contributed by atoms with van der Waals surface area (Å²) >= 11 is 0. The topological polar surface area (TPSA) is 52.0 Å². The van der Waals surface area contributed by atoms with Crippen molar-refractivity contribution < 1.29 is 4.84 Å².